The summed E-state index contributed by atoms with van der Waals surface area (Å²) in [6, 6.07) is 3.82. The van der Waals surface area contributed by atoms with Gasteiger partial charge < -0.3 is 9.14 Å². The summed E-state index contributed by atoms with van der Waals surface area (Å²) in [5.41, 5.74) is 1.94. The van der Waals surface area contributed by atoms with Crippen molar-refractivity contribution in [1.29, 1.82) is 0 Å². The molecule has 0 aliphatic rings. The molecule has 2 aromatic rings. The molecule has 2 rings (SSSR count). The van der Waals surface area contributed by atoms with Crippen LogP contribution in [0, 0.1) is 6.92 Å². The van der Waals surface area contributed by atoms with Crippen LogP contribution in [0.4, 0.5) is 0 Å². The number of imidazole rings is 1. The van der Waals surface area contributed by atoms with Crippen LogP contribution in [0.25, 0.3) is 5.65 Å². The van der Waals surface area contributed by atoms with Crippen LogP contribution in [0.1, 0.15) is 19.5 Å². The number of aryl methyl sites for hydroxylation is 1. The van der Waals surface area contributed by atoms with E-state index in [-0.39, 0.29) is 0 Å². The zero-order chi connectivity index (χ0) is 10.6. The Morgan fingerprint density at radius 3 is 2.71 bits per heavy atom. The maximum atomic E-state index is 5.08. The van der Waals surface area contributed by atoms with E-state index in [2.05, 4.69) is 4.98 Å². The number of rotatable bonds is 1. The molecule has 3 heteroatoms. The van der Waals surface area contributed by atoms with Crippen molar-refractivity contribution in [3.05, 3.63) is 30.2 Å². The summed E-state index contributed by atoms with van der Waals surface area (Å²) in [4.78, 5) is 4.30. The number of aromatic nitrogens is 2. The molecular formula is C11H16N2O. The van der Waals surface area contributed by atoms with Crippen molar-refractivity contribution >= 4 is 5.65 Å². The van der Waals surface area contributed by atoms with E-state index in [0.717, 1.165) is 17.1 Å². The van der Waals surface area contributed by atoms with Crippen LogP contribution in [-0.2, 0) is 0 Å². The number of pyridine rings is 1. The second-order valence-corrected chi connectivity index (χ2v) is 2.71. The molecule has 0 unspecified atom stereocenters. The molecule has 0 N–H and O–H groups in total. The fourth-order valence-electron chi connectivity index (χ4n) is 1.22. The molecule has 0 bridgehead atoms. The molecule has 0 fully saturated rings. The zero-order valence-corrected chi connectivity index (χ0v) is 9.11. The summed E-state index contributed by atoms with van der Waals surface area (Å²) in [6.45, 7) is 5.97. The molecule has 0 spiro atoms. The number of fused-ring (bicyclic) bond motifs is 1. The van der Waals surface area contributed by atoms with Gasteiger partial charge in [0.05, 0.1) is 12.8 Å². The molecule has 3 nitrogen and oxygen atoms in total. The molecule has 0 aliphatic heterocycles. The SMILES string of the molecule is CC.COc1ccn2cc(C)nc2c1. The lowest BCUT2D eigenvalue weighted by molar-refractivity contribution is 0.414. The first-order valence-corrected chi connectivity index (χ1v) is 4.79. The Bertz CT molecular complexity index is 407. The van der Waals surface area contributed by atoms with Crippen molar-refractivity contribution in [1.82, 2.24) is 9.38 Å². The van der Waals surface area contributed by atoms with Gasteiger partial charge in [-0.15, -0.1) is 0 Å². The van der Waals surface area contributed by atoms with Crippen molar-refractivity contribution in [2.24, 2.45) is 0 Å². The van der Waals surface area contributed by atoms with Crippen molar-refractivity contribution < 1.29 is 4.74 Å². The van der Waals surface area contributed by atoms with Crippen LogP contribution < -0.4 is 4.74 Å². The summed E-state index contributed by atoms with van der Waals surface area (Å²) in [6.07, 6.45) is 3.92. The van der Waals surface area contributed by atoms with Gasteiger partial charge in [-0.2, -0.15) is 0 Å². The Morgan fingerprint density at radius 2 is 2.07 bits per heavy atom. The van der Waals surface area contributed by atoms with Crippen LogP contribution in [0.5, 0.6) is 5.75 Å². The van der Waals surface area contributed by atoms with Gasteiger partial charge in [-0.3, -0.25) is 0 Å². The zero-order valence-electron chi connectivity index (χ0n) is 9.11. The highest BCUT2D eigenvalue weighted by Gasteiger charge is 1.97. The third-order valence-electron chi connectivity index (χ3n) is 1.79. The number of hydrogen-bond acceptors (Lipinski definition) is 2. The number of ether oxygens (including phenoxy) is 1. The summed E-state index contributed by atoms with van der Waals surface area (Å²) >= 11 is 0. The Hall–Kier alpha value is -1.51. The van der Waals surface area contributed by atoms with Crippen molar-refractivity contribution in [3.63, 3.8) is 0 Å². The van der Waals surface area contributed by atoms with E-state index in [1.807, 2.05) is 49.7 Å². The molecule has 0 aliphatic carbocycles. The van der Waals surface area contributed by atoms with Gasteiger partial charge in [-0.1, -0.05) is 13.8 Å². The standard InChI is InChI=1S/C9H10N2O.C2H6/c1-7-6-11-4-3-8(12-2)5-9(11)10-7;1-2/h3-6H,1-2H3;1-2H3. The highest BCUT2D eigenvalue weighted by Crippen LogP contribution is 2.13. The first kappa shape index (κ1) is 10.6. The fraction of sp³-hybridized carbons (Fsp3) is 0.364. The molecule has 0 aromatic carbocycles. The monoisotopic (exact) mass is 192 g/mol. The van der Waals surface area contributed by atoms with Gasteiger partial charge in [-0.25, -0.2) is 4.98 Å². The lowest BCUT2D eigenvalue weighted by Gasteiger charge is -1.98. The summed E-state index contributed by atoms with van der Waals surface area (Å²) in [5.74, 6) is 0.841. The first-order chi connectivity index (χ1) is 6.79. The van der Waals surface area contributed by atoms with Crippen LogP contribution in [0.3, 0.4) is 0 Å². The van der Waals surface area contributed by atoms with E-state index < -0.39 is 0 Å². The van der Waals surface area contributed by atoms with Gasteiger partial charge in [0, 0.05) is 18.5 Å². The van der Waals surface area contributed by atoms with Gasteiger partial charge in [0.1, 0.15) is 11.4 Å². The predicted octanol–water partition coefficient (Wildman–Crippen LogP) is 2.68. The van der Waals surface area contributed by atoms with E-state index in [4.69, 9.17) is 4.74 Å². The van der Waals surface area contributed by atoms with Crippen molar-refractivity contribution in [2.45, 2.75) is 20.8 Å². The van der Waals surface area contributed by atoms with E-state index >= 15 is 0 Å². The maximum absolute atomic E-state index is 5.08. The summed E-state index contributed by atoms with van der Waals surface area (Å²) < 4.78 is 7.05. The lowest BCUT2D eigenvalue weighted by Crippen LogP contribution is -1.85. The van der Waals surface area contributed by atoms with E-state index in [9.17, 15) is 0 Å². The third kappa shape index (κ3) is 2.05. The third-order valence-corrected chi connectivity index (χ3v) is 1.79. The number of methoxy groups -OCH3 is 1. The van der Waals surface area contributed by atoms with Gasteiger partial charge in [0.15, 0.2) is 0 Å². The molecule has 0 atom stereocenters. The summed E-state index contributed by atoms with van der Waals surface area (Å²) in [5, 5.41) is 0. The Labute approximate surface area is 84.3 Å². The van der Waals surface area contributed by atoms with Crippen molar-refractivity contribution in [2.75, 3.05) is 7.11 Å². The minimum absolute atomic E-state index is 0.841. The molecule has 14 heavy (non-hydrogen) atoms. The average molecular weight is 192 g/mol. The topological polar surface area (TPSA) is 26.5 Å². The number of nitrogens with zero attached hydrogens (tertiary/aromatic N) is 2. The Balaban J connectivity index is 0.000000461. The van der Waals surface area contributed by atoms with Gasteiger partial charge in [-0.05, 0) is 13.0 Å². The largest absolute Gasteiger partial charge is 0.497 e. The fourth-order valence-corrected chi connectivity index (χ4v) is 1.22. The molecule has 0 radical (unpaired) electrons. The van der Waals surface area contributed by atoms with Crippen molar-refractivity contribution in [3.8, 4) is 5.75 Å². The van der Waals surface area contributed by atoms with Crippen LogP contribution in [0.15, 0.2) is 24.5 Å². The summed E-state index contributed by atoms with van der Waals surface area (Å²) in [7, 11) is 1.65. The smallest absolute Gasteiger partial charge is 0.140 e. The second kappa shape index (κ2) is 4.65. The van der Waals surface area contributed by atoms with Crippen LogP contribution in [0.2, 0.25) is 0 Å². The molecule has 76 valence electrons. The minimum Gasteiger partial charge on any atom is -0.497 e. The van der Waals surface area contributed by atoms with E-state index in [0.29, 0.717) is 0 Å². The second-order valence-electron chi connectivity index (χ2n) is 2.71. The van der Waals surface area contributed by atoms with Gasteiger partial charge in [0.25, 0.3) is 0 Å². The quantitative estimate of drug-likeness (QED) is 0.694. The molecule has 2 heterocycles. The molecule has 0 amide bonds. The first-order valence-electron chi connectivity index (χ1n) is 4.79. The molecule has 2 aromatic heterocycles. The minimum atomic E-state index is 0.841. The van der Waals surface area contributed by atoms with Gasteiger partial charge in [0.2, 0.25) is 0 Å². The van der Waals surface area contributed by atoms with Crippen LogP contribution in [-0.4, -0.2) is 16.5 Å². The highest BCUT2D eigenvalue weighted by molar-refractivity contribution is 5.45. The van der Waals surface area contributed by atoms with Crippen LogP contribution >= 0.6 is 0 Å². The Kier molecular flexibility index (Phi) is 3.51. The normalized spacial score (nSPS) is 9.43. The highest BCUT2D eigenvalue weighted by atomic mass is 16.5. The number of hydrogen-bond donors (Lipinski definition) is 0. The Morgan fingerprint density at radius 1 is 1.36 bits per heavy atom. The van der Waals surface area contributed by atoms with Gasteiger partial charge >= 0.3 is 0 Å². The average Bonchev–Trinajstić information content (AvgIpc) is 2.59. The molecular weight excluding hydrogens is 176 g/mol. The lowest BCUT2D eigenvalue weighted by atomic mass is 10.4. The van der Waals surface area contributed by atoms with E-state index in [1.165, 1.54) is 0 Å². The van der Waals surface area contributed by atoms with E-state index in [1.54, 1.807) is 7.11 Å². The predicted molar refractivity (Wildman–Crippen MR) is 57.8 cm³/mol. The maximum Gasteiger partial charge on any atom is 0.140 e. The molecule has 0 saturated heterocycles. The molecule has 0 saturated carbocycles.